The van der Waals surface area contributed by atoms with Crippen LogP contribution in [0.4, 0.5) is 11.4 Å². The highest BCUT2D eigenvalue weighted by Crippen LogP contribution is 2.38. The minimum absolute atomic E-state index is 0.0222. The van der Waals surface area contributed by atoms with Crippen LogP contribution in [0, 0.1) is 11.3 Å². The van der Waals surface area contributed by atoms with Crippen molar-refractivity contribution in [2.24, 2.45) is 11.3 Å². The largest absolute Gasteiger partial charge is 0.490 e. The number of fused-ring (bicyclic) bond motifs is 1. The summed E-state index contributed by atoms with van der Waals surface area (Å²) in [7, 11) is 0. The average molecular weight is 441 g/mol. The molecule has 0 aromatic heterocycles. The molecule has 6 heteroatoms. The van der Waals surface area contributed by atoms with Gasteiger partial charge in [-0.2, -0.15) is 0 Å². The summed E-state index contributed by atoms with van der Waals surface area (Å²) in [6, 6.07) is 12.7. The van der Waals surface area contributed by atoms with Gasteiger partial charge in [0.1, 0.15) is 12.4 Å². The number of rotatable bonds is 6. The summed E-state index contributed by atoms with van der Waals surface area (Å²) < 4.78 is 5.95. The summed E-state index contributed by atoms with van der Waals surface area (Å²) in [6.45, 7) is 8.96. The monoisotopic (exact) mass is 440 g/mol. The van der Waals surface area contributed by atoms with Crippen molar-refractivity contribution in [3.63, 3.8) is 0 Å². The Balaban J connectivity index is 1.83. The molecule has 2 aromatic rings. The minimum Gasteiger partial charge on any atom is -0.490 e. The highest BCUT2D eigenvalue weighted by atomic mass is 35.5. The van der Waals surface area contributed by atoms with E-state index >= 15 is 0 Å². The van der Waals surface area contributed by atoms with Gasteiger partial charge < -0.3 is 15.0 Å². The SMILES string of the molecule is CC(C)CCN1C(=O)C(C)(C)COc2ccc(NC(=O)/C=C/c3ccccc3Cl)cc21. The minimum atomic E-state index is -0.628. The number of halogens is 1. The number of nitrogens with zero attached hydrogens (tertiary/aromatic N) is 1. The van der Waals surface area contributed by atoms with E-state index in [1.54, 1.807) is 35.2 Å². The molecule has 0 saturated heterocycles. The molecule has 0 fully saturated rings. The Morgan fingerprint density at radius 1 is 1.26 bits per heavy atom. The summed E-state index contributed by atoms with van der Waals surface area (Å²) >= 11 is 6.13. The molecule has 31 heavy (non-hydrogen) atoms. The van der Waals surface area contributed by atoms with Gasteiger partial charge in [0.15, 0.2) is 0 Å². The van der Waals surface area contributed by atoms with Gasteiger partial charge in [-0.25, -0.2) is 0 Å². The fourth-order valence-corrected chi connectivity index (χ4v) is 3.49. The normalized spacial score (nSPS) is 15.5. The molecule has 1 aliphatic heterocycles. The van der Waals surface area contributed by atoms with Crippen molar-refractivity contribution in [2.45, 2.75) is 34.1 Å². The van der Waals surface area contributed by atoms with Crippen LogP contribution in [0.25, 0.3) is 6.08 Å². The third-order valence-corrected chi connectivity index (χ3v) is 5.52. The Morgan fingerprint density at radius 3 is 2.71 bits per heavy atom. The number of amides is 2. The van der Waals surface area contributed by atoms with E-state index in [1.165, 1.54) is 6.08 Å². The maximum atomic E-state index is 13.2. The number of benzene rings is 2. The lowest BCUT2D eigenvalue weighted by atomic mass is 9.92. The molecule has 1 heterocycles. The van der Waals surface area contributed by atoms with Crippen LogP contribution in [-0.4, -0.2) is 25.0 Å². The van der Waals surface area contributed by atoms with Crippen molar-refractivity contribution < 1.29 is 14.3 Å². The molecule has 3 rings (SSSR count). The maximum absolute atomic E-state index is 13.2. The number of nitrogens with one attached hydrogen (secondary N) is 1. The molecule has 0 aliphatic carbocycles. The van der Waals surface area contributed by atoms with Gasteiger partial charge in [-0.3, -0.25) is 9.59 Å². The molecule has 0 radical (unpaired) electrons. The molecule has 5 nitrogen and oxygen atoms in total. The number of anilines is 2. The van der Waals surface area contributed by atoms with Crippen LogP contribution in [0.1, 0.15) is 39.7 Å². The van der Waals surface area contributed by atoms with E-state index in [2.05, 4.69) is 19.2 Å². The summed E-state index contributed by atoms with van der Waals surface area (Å²) in [4.78, 5) is 27.4. The van der Waals surface area contributed by atoms with Gasteiger partial charge in [-0.05, 0) is 62.1 Å². The van der Waals surface area contributed by atoms with Gasteiger partial charge in [0.2, 0.25) is 11.8 Å². The third-order valence-electron chi connectivity index (χ3n) is 5.18. The predicted molar refractivity (Wildman–Crippen MR) is 127 cm³/mol. The highest BCUT2D eigenvalue weighted by molar-refractivity contribution is 6.32. The fraction of sp³-hybridized carbons (Fsp3) is 0.360. The average Bonchev–Trinajstić information content (AvgIpc) is 2.80. The molecule has 2 aromatic carbocycles. The predicted octanol–water partition coefficient (Wildman–Crippen LogP) is 5.79. The van der Waals surface area contributed by atoms with Crippen molar-refractivity contribution in [2.75, 3.05) is 23.4 Å². The number of ether oxygens (including phenoxy) is 1. The van der Waals surface area contributed by atoms with Gasteiger partial charge in [-0.1, -0.05) is 43.6 Å². The fourth-order valence-electron chi connectivity index (χ4n) is 3.29. The van der Waals surface area contributed by atoms with Crippen LogP contribution < -0.4 is 15.0 Å². The van der Waals surface area contributed by atoms with Crippen LogP contribution in [0.15, 0.2) is 48.5 Å². The van der Waals surface area contributed by atoms with Crippen molar-refractivity contribution in [3.8, 4) is 5.75 Å². The van der Waals surface area contributed by atoms with E-state index in [1.807, 2.05) is 32.0 Å². The molecule has 1 N–H and O–H groups in total. The Kier molecular flexibility index (Phi) is 7.06. The Bertz CT molecular complexity index is 998. The zero-order chi connectivity index (χ0) is 22.6. The topological polar surface area (TPSA) is 58.6 Å². The molecule has 164 valence electrons. The quantitative estimate of drug-likeness (QED) is 0.578. The molecule has 0 spiro atoms. The van der Waals surface area contributed by atoms with Gasteiger partial charge in [-0.15, -0.1) is 0 Å². The Morgan fingerprint density at radius 2 is 2.00 bits per heavy atom. The lowest BCUT2D eigenvalue weighted by Crippen LogP contribution is -2.42. The van der Waals surface area contributed by atoms with Crippen molar-refractivity contribution in [3.05, 3.63) is 59.1 Å². The van der Waals surface area contributed by atoms with Gasteiger partial charge in [0.25, 0.3) is 0 Å². The molecule has 0 atom stereocenters. The number of carbonyl (C=O) groups excluding carboxylic acids is 2. The van der Waals surface area contributed by atoms with Crippen LogP contribution >= 0.6 is 11.6 Å². The molecule has 0 bridgehead atoms. The van der Waals surface area contributed by atoms with Gasteiger partial charge in [0.05, 0.1) is 11.1 Å². The summed E-state index contributed by atoms with van der Waals surface area (Å²) in [6.07, 6.45) is 3.98. The number of hydrogen-bond donors (Lipinski definition) is 1. The molecule has 0 saturated carbocycles. The van der Waals surface area contributed by atoms with Gasteiger partial charge in [0, 0.05) is 23.3 Å². The van der Waals surface area contributed by atoms with E-state index < -0.39 is 5.41 Å². The van der Waals surface area contributed by atoms with Crippen LogP contribution in [-0.2, 0) is 9.59 Å². The molecule has 2 amide bonds. The third kappa shape index (κ3) is 5.67. The zero-order valence-electron chi connectivity index (χ0n) is 18.4. The first-order chi connectivity index (χ1) is 14.7. The van der Waals surface area contributed by atoms with E-state index in [-0.39, 0.29) is 11.8 Å². The standard InChI is InChI=1S/C25H29ClN2O3/c1-17(2)13-14-28-21-15-19(10-11-22(21)31-16-25(3,4)24(28)30)27-23(29)12-9-18-7-5-6-8-20(18)26/h5-12,15,17H,13-14,16H2,1-4H3,(H,27,29)/b12-9+. The second kappa shape index (κ2) is 9.56. The van der Waals surface area contributed by atoms with Crippen LogP contribution in [0.2, 0.25) is 5.02 Å². The number of hydrogen-bond acceptors (Lipinski definition) is 3. The van der Waals surface area contributed by atoms with E-state index in [0.29, 0.717) is 41.2 Å². The first-order valence-electron chi connectivity index (χ1n) is 10.5. The van der Waals surface area contributed by atoms with Crippen molar-refractivity contribution in [1.29, 1.82) is 0 Å². The Hall–Kier alpha value is -2.79. The Labute approximate surface area is 189 Å². The molecule has 1 aliphatic rings. The molecular weight excluding hydrogens is 412 g/mol. The zero-order valence-corrected chi connectivity index (χ0v) is 19.2. The second-order valence-corrected chi connectivity index (χ2v) is 9.25. The second-order valence-electron chi connectivity index (χ2n) is 8.84. The molecule has 0 unspecified atom stereocenters. The lowest BCUT2D eigenvalue weighted by molar-refractivity contribution is -0.127. The summed E-state index contributed by atoms with van der Waals surface area (Å²) in [5.41, 5.74) is 1.42. The molecular formula is C25H29ClN2O3. The van der Waals surface area contributed by atoms with Crippen LogP contribution in [0.3, 0.4) is 0 Å². The number of carbonyl (C=O) groups is 2. The van der Waals surface area contributed by atoms with E-state index in [4.69, 9.17) is 16.3 Å². The first-order valence-corrected chi connectivity index (χ1v) is 10.9. The lowest BCUT2D eigenvalue weighted by Gasteiger charge is -2.28. The van der Waals surface area contributed by atoms with Crippen molar-refractivity contribution >= 4 is 40.9 Å². The van der Waals surface area contributed by atoms with E-state index in [0.717, 1.165) is 12.0 Å². The summed E-state index contributed by atoms with van der Waals surface area (Å²) in [5, 5.41) is 3.44. The van der Waals surface area contributed by atoms with Crippen LogP contribution in [0.5, 0.6) is 5.75 Å². The smallest absolute Gasteiger partial charge is 0.248 e. The van der Waals surface area contributed by atoms with Gasteiger partial charge >= 0.3 is 0 Å². The highest BCUT2D eigenvalue weighted by Gasteiger charge is 2.37. The van der Waals surface area contributed by atoms with Crippen molar-refractivity contribution in [1.82, 2.24) is 0 Å². The van der Waals surface area contributed by atoms with E-state index in [9.17, 15) is 9.59 Å². The maximum Gasteiger partial charge on any atom is 0.248 e. The summed E-state index contributed by atoms with van der Waals surface area (Å²) in [5.74, 6) is 0.845. The first kappa shape index (κ1) is 22.9.